The van der Waals surface area contributed by atoms with Crippen molar-refractivity contribution in [2.24, 2.45) is 4.99 Å². The standard InChI is InChI=1S/C20H30N2/c1-17(21-18-11-5-2-6-12-18)22(19-13-7-3-8-14-19)20-15-9-4-10-16-20/h2,5-6,11-12,19-20H,3-4,7-10,13-16H2,1H3. The minimum Gasteiger partial charge on any atom is -0.354 e. The molecule has 2 fully saturated rings. The quantitative estimate of drug-likeness (QED) is 0.516. The van der Waals surface area contributed by atoms with Gasteiger partial charge in [-0.05, 0) is 44.7 Å². The average Bonchev–Trinajstić information content (AvgIpc) is 2.58. The summed E-state index contributed by atoms with van der Waals surface area (Å²) in [5, 5.41) is 0. The lowest BCUT2D eigenvalue weighted by atomic mass is 9.88. The maximum atomic E-state index is 4.95. The van der Waals surface area contributed by atoms with Gasteiger partial charge in [0.05, 0.1) is 5.69 Å². The Balaban J connectivity index is 1.81. The minimum atomic E-state index is 0.726. The highest BCUT2D eigenvalue weighted by atomic mass is 15.2. The predicted octanol–water partition coefficient (Wildman–Crippen LogP) is 5.70. The molecule has 1 aromatic rings. The van der Waals surface area contributed by atoms with Crippen LogP contribution in [0, 0.1) is 0 Å². The Morgan fingerprint density at radius 3 is 1.82 bits per heavy atom. The summed E-state index contributed by atoms with van der Waals surface area (Å²) in [6, 6.07) is 11.9. The van der Waals surface area contributed by atoms with Crippen LogP contribution in [0.4, 0.5) is 5.69 Å². The lowest BCUT2D eigenvalue weighted by molar-refractivity contribution is 0.157. The smallest absolute Gasteiger partial charge is 0.102 e. The van der Waals surface area contributed by atoms with Gasteiger partial charge in [-0.25, -0.2) is 4.99 Å². The third kappa shape index (κ3) is 3.91. The molecular formula is C20H30N2. The second-order valence-corrected chi connectivity index (χ2v) is 6.99. The highest BCUT2D eigenvalue weighted by Crippen LogP contribution is 2.31. The van der Waals surface area contributed by atoms with Crippen molar-refractivity contribution in [1.29, 1.82) is 0 Å². The van der Waals surface area contributed by atoms with Gasteiger partial charge in [0, 0.05) is 12.1 Å². The SMILES string of the molecule is CC(=Nc1ccccc1)N(C1CCCCC1)C1CCCCC1. The van der Waals surface area contributed by atoms with Gasteiger partial charge in [-0.1, -0.05) is 56.7 Å². The molecule has 0 spiro atoms. The van der Waals surface area contributed by atoms with Gasteiger partial charge in [-0.2, -0.15) is 0 Å². The Labute approximate surface area is 135 Å². The van der Waals surface area contributed by atoms with Crippen LogP contribution in [0.3, 0.4) is 0 Å². The van der Waals surface area contributed by atoms with Crippen molar-refractivity contribution in [3.63, 3.8) is 0 Å². The molecule has 2 aliphatic carbocycles. The van der Waals surface area contributed by atoms with Gasteiger partial charge < -0.3 is 4.90 Å². The van der Waals surface area contributed by atoms with Gasteiger partial charge in [0.2, 0.25) is 0 Å². The second-order valence-electron chi connectivity index (χ2n) is 6.99. The number of hydrogen-bond acceptors (Lipinski definition) is 1. The normalized spacial score (nSPS) is 21.8. The van der Waals surface area contributed by atoms with Crippen molar-refractivity contribution < 1.29 is 0 Å². The number of aliphatic imine (C=N–C) groups is 1. The number of hydrogen-bond donors (Lipinski definition) is 0. The summed E-state index contributed by atoms with van der Waals surface area (Å²) >= 11 is 0. The Hall–Kier alpha value is -1.31. The number of benzene rings is 1. The van der Waals surface area contributed by atoms with Gasteiger partial charge in [-0.3, -0.25) is 0 Å². The second kappa shape index (κ2) is 7.80. The van der Waals surface area contributed by atoms with Crippen molar-refractivity contribution in [3.8, 4) is 0 Å². The summed E-state index contributed by atoms with van der Waals surface area (Å²) in [5.74, 6) is 1.24. The van der Waals surface area contributed by atoms with Crippen LogP contribution in [-0.2, 0) is 0 Å². The van der Waals surface area contributed by atoms with E-state index in [9.17, 15) is 0 Å². The third-order valence-corrected chi connectivity index (χ3v) is 5.36. The summed E-state index contributed by atoms with van der Waals surface area (Å²) in [4.78, 5) is 7.67. The first kappa shape index (κ1) is 15.6. The predicted molar refractivity (Wildman–Crippen MR) is 94.8 cm³/mol. The molecule has 0 bridgehead atoms. The topological polar surface area (TPSA) is 15.6 Å². The van der Waals surface area contributed by atoms with E-state index in [0.717, 1.165) is 17.8 Å². The first-order valence-corrected chi connectivity index (χ1v) is 9.23. The summed E-state index contributed by atoms with van der Waals surface area (Å²) in [5.41, 5.74) is 1.09. The van der Waals surface area contributed by atoms with Crippen molar-refractivity contribution in [3.05, 3.63) is 30.3 Å². The van der Waals surface area contributed by atoms with E-state index in [2.05, 4.69) is 42.2 Å². The van der Waals surface area contributed by atoms with Crippen LogP contribution in [0.15, 0.2) is 35.3 Å². The van der Waals surface area contributed by atoms with Crippen molar-refractivity contribution in [1.82, 2.24) is 4.90 Å². The van der Waals surface area contributed by atoms with E-state index >= 15 is 0 Å². The molecule has 0 amide bonds. The molecule has 1 aromatic carbocycles. The van der Waals surface area contributed by atoms with E-state index in [4.69, 9.17) is 4.99 Å². The molecule has 0 radical (unpaired) electrons. The molecule has 2 heteroatoms. The Morgan fingerprint density at radius 1 is 0.818 bits per heavy atom. The Bertz CT molecular complexity index is 450. The maximum absolute atomic E-state index is 4.95. The molecule has 22 heavy (non-hydrogen) atoms. The van der Waals surface area contributed by atoms with E-state index in [-0.39, 0.29) is 0 Å². The molecule has 0 heterocycles. The minimum absolute atomic E-state index is 0.726. The zero-order valence-corrected chi connectivity index (χ0v) is 14.0. The molecule has 120 valence electrons. The van der Waals surface area contributed by atoms with Crippen LogP contribution in [-0.4, -0.2) is 22.8 Å². The number of para-hydroxylation sites is 1. The van der Waals surface area contributed by atoms with Crippen LogP contribution in [0.2, 0.25) is 0 Å². The third-order valence-electron chi connectivity index (χ3n) is 5.36. The molecule has 0 aromatic heterocycles. The number of rotatable bonds is 3. The summed E-state index contributed by atoms with van der Waals surface area (Å²) < 4.78 is 0. The van der Waals surface area contributed by atoms with Gasteiger partial charge >= 0.3 is 0 Å². The Morgan fingerprint density at radius 2 is 1.32 bits per heavy atom. The highest BCUT2D eigenvalue weighted by Gasteiger charge is 2.29. The van der Waals surface area contributed by atoms with Crippen LogP contribution < -0.4 is 0 Å². The first-order chi connectivity index (χ1) is 10.8. The van der Waals surface area contributed by atoms with E-state index < -0.39 is 0 Å². The Kier molecular flexibility index (Phi) is 5.53. The molecule has 0 unspecified atom stereocenters. The van der Waals surface area contributed by atoms with Crippen LogP contribution in [0.1, 0.15) is 71.1 Å². The highest BCUT2D eigenvalue weighted by molar-refractivity contribution is 5.83. The van der Waals surface area contributed by atoms with E-state index in [1.54, 1.807) is 0 Å². The summed E-state index contributed by atoms with van der Waals surface area (Å²) in [6.45, 7) is 2.23. The lowest BCUT2D eigenvalue weighted by Crippen LogP contribution is -2.47. The van der Waals surface area contributed by atoms with Gasteiger partial charge in [0.15, 0.2) is 0 Å². The molecule has 2 saturated carbocycles. The van der Waals surface area contributed by atoms with E-state index in [0.29, 0.717) is 0 Å². The first-order valence-electron chi connectivity index (χ1n) is 9.23. The number of nitrogens with zero attached hydrogens (tertiary/aromatic N) is 2. The van der Waals surface area contributed by atoms with Crippen LogP contribution in [0.5, 0.6) is 0 Å². The lowest BCUT2D eigenvalue weighted by Gasteiger charge is -2.43. The molecule has 2 nitrogen and oxygen atoms in total. The average molecular weight is 298 g/mol. The summed E-state index contributed by atoms with van der Waals surface area (Å²) in [7, 11) is 0. The zero-order chi connectivity index (χ0) is 15.2. The van der Waals surface area contributed by atoms with Crippen LogP contribution >= 0.6 is 0 Å². The molecule has 0 N–H and O–H groups in total. The van der Waals surface area contributed by atoms with Crippen molar-refractivity contribution in [2.45, 2.75) is 83.2 Å². The zero-order valence-electron chi connectivity index (χ0n) is 14.0. The van der Waals surface area contributed by atoms with Crippen molar-refractivity contribution in [2.75, 3.05) is 0 Å². The fourth-order valence-electron chi connectivity index (χ4n) is 4.29. The van der Waals surface area contributed by atoms with Gasteiger partial charge in [0.1, 0.15) is 5.84 Å². The molecule has 0 atom stereocenters. The molecule has 2 aliphatic rings. The van der Waals surface area contributed by atoms with E-state index in [1.165, 1.54) is 70.0 Å². The number of amidine groups is 1. The van der Waals surface area contributed by atoms with Gasteiger partial charge in [-0.15, -0.1) is 0 Å². The molecular weight excluding hydrogens is 268 g/mol. The largest absolute Gasteiger partial charge is 0.354 e. The van der Waals surface area contributed by atoms with Crippen LogP contribution in [0.25, 0.3) is 0 Å². The maximum Gasteiger partial charge on any atom is 0.102 e. The molecule has 0 saturated heterocycles. The molecule has 0 aliphatic heterocycles. The fraction of sp³-hybridized carbons (Fsp3) is 0.650. The fourth-order valence-corrected chi connectivity index (χ4v) is 4.29. The summed E-state index contributed by atoms with van der Waals surface area (Å²) in [6.07, 6.45) is 13.9. The van der Waals surface area contributed by atoms with Crippen molar-refractivity contribution >= 4 is 11.5 Å². The van der Waals surface area contributed by atoms with Gasteiger partial charge in [0.25, 0.3) is 0 Å². The van der Waals surface area contributed by atoms with E-state index in [1.807, 2.05) is 0 Å². The monoisotopic (exact) mass is 298 g/mol. The molecule has 3 rings (SSSR count).